The minimum Gasteiger partial charge on any atom is -0.207 e. The number of rotatable bonds is 2. The Labute approximate surface area is 51.6 Å². The van der Waals surface area contributed by atoms with Crippen molar-refractivity contribution in [2.45, 2.75) is 19.1 Å². The Bertz CT molecular complexity index is 121. The molecule has 0 aromatic carbocycles. The first-order chi connectivity index (χ1) is 3.62. The lowest BCUT2D eigenvalue weighted by Gasteiger charge is -2.05. The normalized spacial score (nSPS) is 10.1. The zero-order chi connectivity index (χ0) is 6.62. The third kappa shape index (κ3) is 2.59. The smallest absolute Gasteiger partial charge is 0.171 e. The molecule has 44 valence electrons. The summed E-state index contributed by atoms with van der Waals surface area (Å²) in [5, 5.41) is 8.49. The molecule has 0 saturated carbocycles. The molecule has 0 unspecified atom stereocenters. The summed E-state index contributed by atoms with van der Waals surface area (Å²) in [5.41, 5.74) is 2.31. The highest BCUT2D eigenvalue weighted by atomic mass is 28.3. The maximum atomic E-state index is 8.49. The fourth-order valence-corrected chi connectivity index (χ4v) is 1.22. The number of nitriles is 1. The van der Waals surface area contributed by atoms with Gasteiger partial charge in [-0.1, -0.05) is 19.2 Å². The van der Waals surface area contributed by atoms with Crippen molar-refractivity contribution in [2.75, 3.05) is 0 Å². The van der Waals surface area contributed by atoms with Gasteiger partial charge in [0.05, 0.1) is 0 Å². The summed E-state index contributed by atoms with van der Waals surface area (Å²) in [6, 6.07) is 0.906. The van der Waals surface area contributed by atoms with E-state index in [1.54, 1.807) is 0 Å². The van der Waals surface area contributed by atoms with Crippen LogP contribution in [0.1, 0.15) is 0 Å². The second kappa shape index (κ2) is 2.68. The van der Waals surface area contributed by atoms with Crippen LogP contribution in [0.5, 0.6) is 0 Å². The minimum atomic E-state index is -1.49. The van der Waals surface area contributed by atoms with Crippen LogP contribution < -0.4 is 0 Å². The van der Waals surface area contributed by atoms with E-state index < -0.39 is 8.07 Å². The van der Waals surface area contributed by atoms with E-state index in [-0.39, 0.29) is 0 Å². The monoisotopic (exact) mass is 125 g/mol. The summed E-state index contributed by atoms with van der Waals surface area (Å²) in [7, 11) is -1.49. The molecular formula is C6H11NSi. The average molecular weight is 125 g/mol. The van der Waals surface area contributed by atoms with Gasteiger partial charge >= 0.3 is 0 Å². The SMILES string of the molecule is C=CC[Si](C)(C)C#N. The number of allylic oxidation sites excluding steroid dienone is 1. The maximum Gasteiger partial charge on any atom is 0.171 e. The molecule has 0 N–H and O–H groups in total. The van der Waals surface area contributed by atoms with Crippen molar-refractivity contribution < 1.29 is 0 Å². The predicted molar refractivity (Wildman–Crippen MR) is 38.1 cm³/mol. The van der Waals surface area contributed by atoms with E-state index in [1.807, 2.05) is 19.2 Å². The first-order valence-corrected chi connectivity index (χ1v) is 5.85. The molecule has 0 aliphatic heterocycles. The summed E-state index contributed by atoms with van der Waals surface area (Å²) in [6.45, 7) is 7.65. The summed E-state index contributed by atoms with van der Waals surface area (Å²) in [4.78, 5) is 0. The van der Waals surface area contributed by atoms with Crippen LogP contribution in [0.4, 0.5) is 0 Å². The Hall–Kier alpha value is -0.553. The van der Waals surface area contributed by atoms with E-state index in [2.05, 4.69) is 12.3 Å². The van der Waals surface area contributed by atoms with Gasteiger partial charge in [-0.05, 0) is 6.04 Å². The Balaban J connectivity index is 3.76. The van der Waals surface area contributed by atoms with Crippen LogP contribution in [0.15, 0.2) is 12.7 Å². The van der Waals surface area contributed by atoms with Crippen LogP contribution in [0.3, 0.4) is 0 Å². The zero-order valence-electron chi connectivity index (χ0n) is 5.44. The van der Waals surface area contributed by atoms with E-state index in [4.69, 9.17) is 5.26 Å². The third-order valence-corrected chi connectivity index (χ3v) is 2.87. The van der Waals surface area contributed by atoms with Gasteiger partial charge in [-0.3, -0.25) is 0 Å². The quantitative estimate of drug-likeness (QED) is 0.409. The van der Waals surface area contributed by atoms with Gasteiger partial charge in [0.25, 0.3) is 0 Å². The molecule has 0 aliphatic rings. The molecule has 0 aliphatic carbocycles. The van der Waals surface area contributed by atoms with Crippen molar-refractivity contribution in [1.82, 2.24) is 0 Å². The van der Waals surface area contributed by atoms with Gasteiger partial charge in [0.1, 0.15) is 0 Å². The van der Waals surface area contributed by atoms with Gasteiger partial charge in [0.15, 0.2) is 8.07 Å². The molecule has 2 heteroatoms. The van der Waals surface area contributed by atoms with Crippen LogP contribution in [0.2, 0.25) is 19.1 Å². The fraction of sp³-hybridized carbons (Fsp3) is 0.500. The highest BCUT2D eigenvalue weighted by Gasteiger charge is 2.17. The first-order valence-electron chi connectivity index (χ1n) is 2.64. The Morgan fingerprint density at radius 3 is 2.38 bits per heavy atom. The summed E-state index contributed by atoms with van der Waals surface area (Å²) < 4.78 is 0. The molecule has 0 saturated heterocycles. The third-order valence-electron chi connectivity index (χ3n) is 0.957. The summed E-state index contributed by atoms with van der Waals surface area (Å²) >= 11 is 0. The van der Waals surface area contributed by atoms with Gasteiger partial charge < -0.3 is 0 Å². The van der Waals surface area contributed by atoms with E-state index >= 15 is 0 Å². The molecule has 8 heavy (non-hydrogen) atoms. The topological polar surface area (TPSA) is 23.8 Å². The number of nitrogens with zero attached hydrogens (tertiary/aromatic N) is 1. The predicted octanol–water partition coefficient (Wildman–Crippen LogP) is 1.94. The molecule has 0 radical (unpaired) electrons. The molecule has 0 amide bonds. The fourth-order valence-electron chi connectivity index (χ4n) is 0.406. The molecule has 0 atom stereocenters. The Morgan fingerprint density at radius 2 is 2.25 bits per heavy atom. The van der Waals surface area contributed by atoms with Crippen molar-refractivity contribution in [3.63, 3.8) is 0 Å². The second-order valence-electron chi connectivity index (χ2n) is 2.49. The van der Waals surface area contributed by atoms with Gasteiger partial charge in [-0.15, -0.1) is 6.58 Å². The molecule has 0 rings (SSSR count). The van der Waals surface area contributed by atoms with Crippen molar-refractivity contribution >= 4 is 8.07 Å². The van der Waals surface area contributed by atoms with Crippen molar-refractivity contribution in [2.24, 2.45) is 0 Å². The van der Waals surface area contributed by atoms with Crippen molar-refractivity contribution in [3.05, 3.63) is 12.7 Å². The molecule has 0 bridgehead atoms. The van der Waals surface area contributed by atoms with Gasteiger partial charge in [0.2, 0.25) is 0 Å². The first kappa shape index (κ1) is 7.45. The van der Waals surface area contributed by atoms with Gasteiger partial charge in [-0.25, -0.2) is 5.26 Å². The van der Waals surface area contributed by atoms with Crippen LogP contribution in [0.25, 0.3) is 0 Å². The van der Waals surface area contributed by atoms with E-state index in [0.29, 0.717) is 0 Å². The van der Waals surface area contributed by atoms with Gasteiger partial charge in [0, 0.05) is 5.69 Å². The number of hydrogen-bond acceptors (Lipinski definition) is 1. The van der Waals surface area contributed by atoms with Crippen LogP contribution >= 0.6 is 0 Å². The summed E-state index contributed by atoms with van der Waals surface area (Å²) in [5.74, 6) is 0. The molecule has 0 fully saturated rings. The largest absolute Gasteiger partial charge is 0.207 e. The van der Waals surface area contributed by atoms with E-state index in [0.717, 1.165) is 6.04 Å². The van der Waals surface area contributed by atoms with E-state index in [1.165, 1.54) is 0 Å². The highest BCUT2D eigenvalue weighted by molar-refractivity contribution is 6.84. The summed E-state index contributed by atoms with van der Waals surface area (Å²) in [6.07, 6.45) is 1.83. The lowest BCUT2D eigenvalue weighted by Crippen LogP contribution is -2.20. The van der Waals surface area contributed by atoms with Crippen molar-refractivity contribution in [3.8, 4) is 5.69 Å². The van der Waals surface area contributed by atoms with Gasteiger partial charge in [-0.2, -0.15) is 0 Å². The number of hydrogen-bond donors (Lipinski definition) is 0. The molecule has 0 aromatic rings. The molecular weight excluding hydrogens is 114 g/mol. The lowest BCUT2D eigenvalue weighted by atomic mass is 10.8. The molecule has 0 heterocycles. The van der Waals surface area contributed by atoms with Crippen LogP contribution in [-0.4, -0.2) is 8.07 Å². The molecule has 0 spiro atoms. The van der Waals surface area contributed by atoms with E-state index in [9.17, 15) is 0 Å². The Morgan fingerprint density at radius 1 is 1.75 bits per heavy atom. The molecule has 0 aromatic heterocycles. The highest BCUT2D eigenvalue weighted by Crippen LogP contribution is 2.06. The van der Waals surface area contributed by atoms with Crippen molar-refractivity contribution in [1.29, 1.82) is 5.26 Å². The van der Waals surface area contributed by atoms with Crippen LogP contribution in [0, 0.1) is 11.0 Å². The second-order valence-corrected chi connectivity index (χ2v) is 6.89. The standard InChI is InChI=1S/C6H11NSi/c1-4-5-8(2,3)6-7/h4H,1,5H2,2-3H3. The molecule has 1 nitrogen and oxygen atoms in total. The Kier molecular flexibility index (Phi) is 2.50. The minimum absolute atomic E-state index is 0.906. The van der Waals surface area contributed by atoms with Crippen LogP contribution in [-0.2, 0) is 0 Å². The lowest BCUT2D eigenvalue weighted by molar-refractivity contribution is 1.49. The zero-order valence-corrected chi connectivity index (χ0v) is 6.44. The maximum absolute atomic E-state index is 8.49. The average Bonchev–Trinajstić information content (AvgIpc) is 1.67.